The number of hydrazine groups is 1. The Morgan fingerprint density at radius 1 is 1.22 bits per heavy atom. The van der Waals surface area contributed by atoms with E-state index in [0.717, 1.165) is 28.5 Å². The summed E-state index contributed by atoms with van der Waals surface area (Å²) in [6.45, 7) is 8.30. The highest BCUT2D eigenvalue weighted by Crippen LogP contribution is 2.30. The van der Waals surface area contributed by atoms with E-state index >= 15 is 0 Å². The second kappa shape index (κ2) is 5.04. The molecule has 4 nitrogen and oxygen atoms in total. The van der Waals surface area contributed by atoms with Gasteiger partial charge in [0.25, 0.3) is 0 Å². The third-order valence-electron chi connectivity index (χ3n) is 2.95. The molecular formula is C13H18N4S. The van der Waals surface area contributed by atoms with Gasteiger partial charge in [-0.15, -0.1) is 0 Å². The van der Waals surface area contributed by atoms with Crippen LogP contribution in [0.2, 0.25) is 0 Å². The minimum atomic E-state index is 0.341. The van der Waals surface area contributed by atoms with E-state index in [9.17, 15) is 0 Å². The molecule has 0 radical (unpaired) electrons. The summed E-state index contributed by atoms with van der Waals surface area (Å²) in [5, 5.41) is 4.17. The van der Waals surface area contributed by atoms with E-state index in [-0.39, 0.29) is 0 Å². The molecule has 18 heavy (non-hydrogen) atoms. The van der Waals surface area contributed by atoms with Crippen molar-refractivity contribution in [1.82, 2.24) is 9.97 Å². The topological polar surface area (TPSA) is 63.8 Å². The number of nitrogen functional groups attached to an aromatic ring is 1. The molecule has 0 aromatic carbocycles. The molecule has 3 N–H and O–H groups in total. The molecule has 2 heterocycles. The predicted octanol–water partition coefficient (Wildman–Crippen LogP) is 3.23. The SMILES string of the molecule is Cc1cscc1-c1nc(C)c(C(C)C)c(NN)n1. The number of hydrogen-bond donors (Lipinski definition) is 2. The maximum absolute atomic E-state index is 5.58. The molecule has 0 spiro atoms. The zero-order valence-corrected chi connectivity index (χ0v) is 11.9. The number of aromatic nitrogens is 2. The molecule has 0 amide bonds. The first-order valence-corrected chi connectivity index (χ1v) is 6.87. The van der Waals surface area contributed by atoms with Crippen molar-refractivity contribution in [2.75, 3.05) is 5.43 Å². The van der Waals surface area contributed by atoms with Crippen molar-refractivity contribution < 1.29 is 0 Å². The van der Waals surface area contributed by atoms with Gasteiger partial charge in [-0.05, 0) is 30.7 Å². The third-order valence-corrected chi connectivity index (χ3v) is 3.81. The number of nitrogens with two attached hydrogens (primary N) is 1. The van der Waals surface area contributed by atoms with Crippen LogP contribution in [0.1, 0.15) is 36.6 Å². The zero-order valence-electron chi connectivity index (χ0n) is 11.1. The van der Waals surface area contributed by atoms with Crippen LogP contribution in [0.15, 0.2) is 10.8 Å². The van der Waals surface area contributed by atoms with Crippen molar-refractivity contribution >= 4 is 17.2 Å². The van der Waals surface area contributed by atoms with Gasteiger partial charge in [0.15, 0.2) is 5.82 Å². The maximum atomic E-state index is 5.58. The van der Waals surface area contributed by atoms with E-state index in [1.165, 1.54) is 5.56 Å². The van der Waals surface area contributed by atoms with Crippen molar-refractivity contribution in [1.29, 1.82) is 0 Å². The van der Waals surface area contributed by atoms with E-state index in [1.54, 1.807) is 11.3 Å². The molecule has 0 bridgehead atoms. The van der Waals surface area contributed by atoms with Crippen LogP contribution in [-0.4, -0.2) is 9.97 Å². The van der Waals surface area contributed by atoms with Gasteiger partial charge < -0.3 is 5.43 Å². The van der Waals surface area contributed by atoms with E-state index in [2.05, 4.69) is 46.9 Å². The summed E-state index contributed by atoms with van der Waals surface area (Å²) in [6, 6.07) is 0. The Kier molecular flexibility index (Phi) is 3.63. The quantitative estimate of drug-likeness (QED) is 0.658. The highest BCUT2D eigenvalue weighted by Gasteiger charge is 2.16. The molecule has 2 rings (SSSR count). The molecule has 0 atom stereocenters. The average molecular weight is 262 g/mol. The third kappa shape index (κ3) is 2.23. The van der Waals surface area contributed by atoms with Crippen LogP contribution in [-0.2, 0) is 0 Å². The van der Waals surface area contributed by atoms with Gasteiger partial charge in [0.05, 0.1) is 0 Å². The summed E-state index contributed by atoms with van der Waals surface area (Å²) >= 11 is 1.66. The minimum absolute atomic E-state index is 0.341. The monoisotopic (exact) mass is 262 g/mol. The summed E-state index contributed by atoms with van der Waals surface area (Å²) in [6.07, 6.45) is 0. The lowest BCUT2D eigenvalue weighted by Crippen LogP contribution is -2.14. The Hall–Kier alpha value is -1.46. The minimum Gasteiger partial charge on any atom is -0.308 e. The standard InChI is InChI=1S/C13H18N4S/c1-7(2)11-9(4)15-12(16-13(11)17-14)10-6-18-5-8(10)3/h5-7H,14H2,1-4H3,(H,15,16,17). The lowest BCUT2D eigenvalue weighted by atomic mass is 10.0. The first kappa shape index (κ1) is 13.0. The van der Waals surface area contributed by atoms with Crippen molar-refractivity contribution in [3.8, 4) is 11.4 Å². The summed E-state index contributed by atoms with van der Waals surface area (Å²) < 4.78 is 0. The maximum Gasteiger partial charge on any atom is 0.162 e. The van der Waals surface area contributed by atoms with Crippen molar-refractivity contribution in [2.24, 2.45) is 5.84 Å². The number of thiophene rings is 1. The molecule has 0 aliphatic heterocycles. The summed E-state index contributed by atoms with van der Waals surface area (Å²) in [5.41, 5.74) is 7.02. The Bertz CT molecular complexity index is 560. The van der Waals surface area contributed by atoms with Crippen molar-refractivity contribution in [3.05, 3.63) is 27.6 Å². The Morgan fingerprint density at radius 3 is 2.44 bits per heavy atom. The van der Waals surface area contributed by atoms with Crippen LogP contribution < -0.4 is 11.3 Å². The molecule has 2 aromatic heterocycles. The van der Waals surface area contributed by atoms with Crippen LogP contribution in [0.25, 0.3) is 11.4 Å². The number of anilines is 1. The van der Waals surface area contributed by atoms with Crippen LogP contribution >= 0.6 is 11.3 Å². The molecule has 5 heteroatoms. The molecule has 2 aromatic rings. The van der Waals surface area contributed by atoms with Crippen molar-refractivity contribution in [2.45, 2.75) is 33.6 Å². The second-order valence-electron chi connectivity index (χ2n) is 4.66. The Labute approximate surface area is 111 Å². The molecular weight excluding hydrogens is 244 g/mol. The Morgan fingerprint density at radius 2 is 1.94 bits per heavy atom. The molecule has 0 aliphatic rings. The predicted molar refractivity (Wildman–Crippen MR) is 76.7 cm³/mol. The largest absolute Gasteiger partial charge is 0.308 e. The van der Waals surface area contributed by atoms with Crippen LogP contribution in [0.3, 0.4) is 0 Å². The van der Waals surface area contributed by atoms with Crippen LogP contribution in [0.5, 0.6) is 0 Å². The molecule has 0 fully saturated rings. The van der Waals surface area contributed by atoms with Crippen LogP contribution in [0.4, 0.5) is 5.82 Å². The van der Waals surface area contributed by atoms with Gasteiger partial charge in [0.1, 0.15) is 5.82 Å². The smallest absolute Gasteiger partial charge is 0.162 e. The van der Waals surface area contributed by atoms with Crippen molar-refractivity contribution in [3.63, 3.8) is 0 Å². The fourth-order valence-corrected chi connectivity index (χ4v) is 2.92. The lowest BCUT2D eigenvalue weighted by Gasteiger charge is -2.15. The zero-order chi connectivity index (χ0) is 13.3. The molecule has 0 aliphatic carbocycles. The van der Waals surface area contributed by atoms with E-state index in [1.807, 2.05) is 6.92 Å². The van der Waals surface area contributed by atoms with Gasteiger partial charge >= 0.3 is 0 Å². The highest BCUT2D eigenvalue weighted by atomic mass is 32.1. The van der Waals surface area contributed by atoms with Gasteiger partial charge in [0.2, 0.25) is 0 Å². The Balaban J connectivity index is 2.60. The first-order valence-electron chi connectivity index (χ1n) is 5.93. The summed E-state index contributed by atoms with van der Waals surface area (Å²) in [7, 11) is 0. The van der Waals surface area contributed by atoms with Gasteiger partial charge in [-0.1, -0.05) is 13.8 Å². The number of nitrogens with one attached hydrogen (secondary N) is 1. The normalized spacial score (nSPS) is 11.0. The van der Waals surface area contributed by atoms with E-state index < -0.39 is 0 Å². The highest BCUT2D eigenvalue weighted by molar-refractivity contribution is 7.08. The summed E-state index contributed by atoms with van der Waals surface area (Å²) in [5.74, 6) is 7.38. The first-order chi connectivity index (χ1) is 8.54. The second-order valence-corrected chi connectivity index (χ2v) is 5.41. The molecule has 0 unspecified atom stereocenters. The van der Waals surface area contributed by atoms with E-state index in [0.29, 0.717) is 5.92 Å². The van der Waals surface area contributed by atoms with Gasteiger partial charge in [-0.3, -0.25) is 0 Å². The molecule has 0 saturated heterocycles. The summed E-state index contributed by atoms with van der Waals surface area (Å²) in [4.78, 5) is 9.14. The molecule has 0 saturated carbocycles. The molecule has 96 valence electrons. The number of hydrogen-bond acceptors (Lipinski definition) is 5. The van der Waals surface area contributed by atoms with Crippen LogP contribution in [0, 0.1) is 13.8 Å². The fourth-order valence-electron chi connectivity index (χ4n) is 2.09. The average Bonchev–Trinajstić information content (AvgIpc) is 2.73. The number of aryl methyl sites for hydroxylation is 2. The number of nitrogens with zero attached hydrogens (tertiary/aromatic N) is 2. The fraction of sp³-hybridized carbons (Fsp3) is 0.385. The lowest BCUT2D eigenvalue weighted by molar-refractivity contribution is 0.832. The van der Waals surface area contributed by atoms with Gasteiger partial charge in [-0.25, -0.2) is 15.8 Å². The number of rotatable bonds is 3. The van der Waals surface area contributed by atoms with E-state index in [4.69, 9.17) is 5.84 Å². The van der Waals surface area contributed by atoms with Gasteiger partial charge in [-0.2, -0.15) is 11.3 Å². The van der Waals surface area contributed by atoms with Gasteiger partial charge in [0, 0.05) is 22.2 Å².